The lowest BCUT2D eigenvalue weighted by Gasteiger charge is -2.04. The smallest absolute Gasteiger partial charge is 0.348 e. The molecule has 0 bridgehead atoms. The molecule has 104 valence electrons. The fraction of sp³-hybridized carbons (Fsp3) is 0.385. The summed E-state index contributed by atoms with van der Waals surface area (Å²) in [6.07, 6.45) is 0. The first-order chi connectivity index (χ1) is 9.51. The Bertz CT molecular complexity index is 783. The van der Waals surface area contributed by atoms with Gasteiger partial charge in [-0.3, -0.25) is 9.36 Å². The van der Waals surface area contributed by atoms with E-state index >= 15 is 0 Å². The highest BCUT2D eigenvalue weighted by Gasteiger charge is 2.21. The highest BCUT2D eigenvalue weighted by molar-refractivity contribution is 7.20. The zero-order valence-electron chi connectivity index (χ0n) is 11.4. The summed E-state index contributed by atoms with van der Waals surface area (Å²) in [5, 5.41) is 9.15. The largest absolute Gasteiger partial charge is 0.462 e. The van der Waals surface area contributed by atoms with Gasteiger partial charge in [0, 0.05) is 0 Å². The van der Waals surface area contributed by atoms with E-state index < -0.39 is 5.97 Å². The number of hydrogen-bond acceptors (Lipinski definition) is 6. The number of hydrogen-bond donors (Lipinski definition) is 0. The molecule has 0 spiro atoms. The molecule has 0 aliphatic heterocycles. The van der Waals surface area contributed by atoms with Crippen LogP contribution >= 0.6 is 11.3 Å². The SMILES string of the molecule is CCOC(=O)c1sc2nc(C)n(CC#N)c(=O)c2c1C. The molecule has 2 aromatic rings. The van der Waals surface area contributed by atoms with Crippen molar-refractivity contribution in [3.05, 3.63) is 26.6 Å². The van der Waals surface area contributed by atoms with Crippen molar-refractivity contribution in [3.8, 4) is 6.07 Å². The van der Waals surface area contributed by atoms with Gasteiger partial charge in [-0.1, -0.05) is 0 Å². The Morgan fingerprint density at radius 1 is 1.50 bits per heavy atom. The van der Waals surface area contributed by atoms with E-state index in [0.717, 1.165) is 11.3 Å². The molecule has 2 aromatic heterocycles. The predicted octanol–water partition coefficient (Wildman–Crippen LogP) is 1.78. The summed E-state index contributed by atoms with van der Waals surface area (Å²) in [4.78, 5) is 29.4. The molecule has 20 heavy (non-hydrogen) atoms. The van der Waals surface area contributed by atoms with Gasteiger partial charge in [0.1, 0.15) is 22.1 Å². The van der Waals surface area contributed by atoms with E-state index in [1.807, 2.05) is 6.07 Å². The Kier molecular flexibility index (Phi) is 3.86. The number of ether oxygens (including phenoxy) is 1. The van der Waals surface area contributed by atoms with Gasteiger partial charge in [0.25, 0.3) is 5.56 Å². The molecule has 0 saturated heterocycles. The van der Waals surface area contributed by atoms with Crippen LogP contribution in [0.25, 0.3) is 10.2 Å². The molecule has 0 aromatic carbocycles. The molecule has 0 aliphatic carbocycles. The number of aromatic nitrogens is 2. The monoisotopic (exact) mass is 291 g/mol. The zero-order valence-corrected chi connectivity index (χ0v) is 12.2. The molecule has 0 saturated carbocycles. The second-order valence-corrected chi connectivity index (χ2v) is 5.16. The average Bonchev–Trinajstić information content (AvgIpc) is 2.72. The third kappa shape index (κ3) is 2.18. The molecular weight excluding hydrogens is 278 g/mol. The van der Waals surface area contributed by atoms with Gasteiger partial charge in [0.05, 0.1) is 18.1 Å². The summed E-state index contributed by atoms with van der Waals surface area (Å²) < 4.78 is 6.27. The van der Waals surface area contributed by atoms with Crippen molar-refractivity contribution >= 4 is 27.5 Å². The maximum absolute atomic E-state index is 12.4. The van der Waals surface area contributed by atoms with E-state index in [1.54, 1.807) is 20.8 Å². The maximum atomic E-state index is 12.4. The maximum Gasteiger partial charge on any atom is 0.348 e. The minimum atomic E-state index is -0.447. The zero-order chi connectivity index (χ0) is 14.9. The second kappa shape index (κ2) is 5.43. The number of fused-ring (bicyclic) bond motifs is 1. The number of carbonyl (C=O) groups is 1. The number of esters is 1. The number of nitriles is 1. The van der Waals surface area contributed by atoms with Crippen LogP contribution in [0.4, 0.5) is 0 Å². The Balaban J connectivity index is 2.73. The molecule has 0 atom stereocenters. The van der Waals surface area contributed by atoms with Gasteiger partial charge in [0.2, 0.25) is 0 Å². The quantitative estimate of drug-likeness (QED) is 0.805. The normalized spacial score (nSPS) is 10.5. The molecule has 0 amide bonds. The van der Waals surface area contributed by atoms with Crippen LogP contribution in [-0.2, 0) is 11.3 Å². The number of nitrogens with zero attached hydrogens (tertiary/aromatic N) is 3. The number of rotatable bonds is 3. The van der Waals surface area contributed by atoms with Gasteiger partial charge in [0.15, 0.2) is 0 Å². The first-order valence-corrected chi connectivity index (χ1v) is 6.87. The fourth-order valence-electron chi connectivity index (χ4n) is 1.97. The van der Waals surface area contributed by atoms with Crippen molar-refractivity contribution in [1.82, 2.24) is 9.55 Å². The Labute approximate surface area is 119 Å². The first kappa shape index (κ1) is 14.2. The number of aryl methyl sites for hydroxylation is 2. The van der Waals surface area contributed by atoms with Gasteiger partial charge >= 0.3 is 5.97 Å². The Hall–Kier alpha value is -2.20. The van der Waals surface area contributed by atoms with Crippen LogP contribution < -0.4 is 5.56 Å². The molecule has 0 unspecified atom stereocenters. The van der Waals surface area contributed by atoms with Gasteiger partial charge in [-0.25, -0.2) is 9.78 Å². The van der Waals surface area contributed by atoms with Gasteiger partial charge in [-0.2, -0.15) is 5.26 Å². The van der Waals surface area contributed by atoms with Crippen LogP contribution in [-0.4, -0.2) is 22.1 Å². The third-order valence-electron chi connectivity index (χ3n) is 2.93. The van der Waals surface area contributed by atoms with E-state index in [-0.39, 0.29) is 18.7 Å². The van der Waals surface area contributed by atoms with Crippen LogP contribution in [0.5, 0.6) is 0 Å². The molecule has 7 heteroatoms. The molecule has 2 heterocycles. The summed E-state index contributed by atoms with van der Waals surface area (Å²) >= 11 is 1.15. The molecular formula is C13H13N3O3S. The molecule has 0 radical (unpaired) electrons. The lowest BCUT2D eigenvalue weighted by Crippen LogP contribution is -2.23. The van der Waals surface area contributed by atoms with Crippen LogP contribution in [0.1, 0.15) is 28.0 Å². The molecule has 2 rings (SSSR count). The lowest BCUT2D eigenvalue weighted by molar-refractivity contribution is 0.0531. The highest BCUT2D eigenvalue weighted by atomic mass is 32.1. The predicted molar refractivity (Wildman–Crippen MR) is 74.9 cm³/mol. The van der Waals surface area contributed by atoms with Crippen LogP contribution in [0.2, 0.25) is 0 Å². The lowest BCUT2D eigenvalue weighted by atomic mass is 10.2. The van der Waals surface area contributed by atoms with Crippen molar-refractivity contribution in [2.75, 3.05) is 6.61 Å². The van der Waals surface area contributed by atoms with Crippen molar-refractivity contribution < 1.29 is 9.53 Å². The number of carbonyl (C=O) groups excluding carboxylic acids is 1. The van der Waals surface area contributed by atoms with Crippen molar-refractivity contribution in [3.63, 3.8) is 0 Å². The van der Waals surface area contributed by atoms with Crippen LogP contribution in [0.15, 0.2) is 4.79 Å². The first-order valence-electron chi connectivity index (χ1n) is 6.05. The van der Waals surface area contributed by atoms with Crippen molar-refractivity contribution in [1.29, 1.82) is 5.26 Å². The summed E-state index contributed by atoms with van der Waals surface area (Å²) in [5.41, 5.74) is 0.269. The minimum Gasteiger partial charge on any atom is -0.462 e. The fourth-order valence-corrected chi connectivity index (χ4v) is 3.08. The third-order valence-corrected chi connectivity index (χ3v) is 4.10. The van der Waals surface area contributed by atoms with E-state index in [4.69, 9.17) is 10.00 Å². The van der Waals surface area contributed by atoms with Crippen molar-refractivity contribution in [2.24, 2.45) is 0 Å². The van der Waals surface area contributed by atoms with Gasteiger partial charge in [-0.15, -0.1) is 11.3 Å². The van der Waals surface area contributed by atoms with Crippen LogP contribution in [0.3, 0.4) is 0 Å². The molecule has 0 N–H and O–H groups in total. The topological polar surface area (TPSA) is 85.0 Å². The standard InChI is InChI=1S/C13H13N3O3S/c1-4-19-13(18)10-7(2)9-11(20-10)15-8(3)16(6-5-14)12(9)17/h4,6H2,1-3H3. The average molecular weight is 291 g/mol. The van der Waals surface area contributed by atoms with Crippen LogP contribution in [0, 0.1) is 25.2 Å². The summed E-state index contributed by atoms with van der Waals surface area (Å²) in [6.45, 7) is 5.30. The summed E-state index contributed by atoms with van der Waals surface area (Å²) in [7, 11) is 0. The minimum absolute atomic E-state index is 0.0579. The molecule has 6 nitrogen and oxygen atoms in total. The van der Waals surface area contributed by atoms with E-state index in [0.29, 0.717) is 26.5 Å². The van der Waals surface area contributed by atoms with E-state index in [9.17, 15) is 9.59 Å². The highest BCUT2D eigenvalue weighted by Crippen LogP contribution is 2.27. The Morgan fingerprint density at radius 3 is 2.80 bits per heavy atom. The van der Waals surface area contributed by atoms with Gasteiger partial charge < -0.3 is 4.74 Å². The van der Waals surface area contributed by atoms with Gasteiger partial charge in [-0.05, 0) is 26.3 Å². The summed E-state index contributed by atoms with van der Waals surface area (Å²) in [5.74, 6) is 0.0117. The summed E-state index contributed by atoms with van der Waals surface area (Å²) in [6, 6.07) is 1.93. The Morgan fingerprint density at radius 2 is 2.20 bits per heavy atom. The second-order valence-electron chi connectivity index (χ2n) is 4.17. The molecule has 0 aliphatic rings. The molecule has 0 fully saturated rings. The van der Waals surface area contributed by atoms with Crippen molar-refractivity contribution in [2.45, 2.75) is 27.3 Å². The van der Waals surface area contributed by atoms with E-state index in [1.165, 1.54) is 4.57 Å². The number of thiophene rings is 1. The van der Waals surface area contributed by atoms with E-state index in [2.05, 4.69) is 4.98 Å².